The first-order valence-electron chi connectivity index (χ1n) is 8.83. The molecule has 2 amide bonds. The van der Waals surface area contributed by atoms with Gasteiger partial charge in [-0.05, 0) is 43.9 Å². The second-order valence-corrected chi connectivity index (χ2v) is 7.32. The minimum absolute atomic E-state index is 0.00507. The van der Waals surface area contributed by atoms with Crippen LogP contribution < -0.4 is 0 Å². The summed E-state index contributed by atoms with van der Waals surface area (Å²) in [5.74, 6) is 0.00139. The Morgan fingerprint density at radius 3 is 2.57 bits per heavy atom. The molecular formula is C17H28N2O4. The summed E-state index contributed by atoms with van der Waals surface area (Å²) in [5.41, 5.74) is 0.138. The van der Waals surface area contributed by atoms with Crippen molar-refractivity contribution >= 4 is 11.8 Å². The molecule has 0 radical (unpaired) electrons. The molecule has 2 atom stereocenters. The predicted molar refractivity (Wildman–Crippen MR) is 84.7 cm³/mol. The molecule has 1 unspecified atom stereocenters. The summed E-state index contributed by atoms with van der Waals surface area (Å²) in [7, 11) is 0. The molecule has 0 aliphatic carbocycles. The number of likely N-dealkylation sites (tertiary alicyclic amines) is 2. The summed E-state index contributed by atoms with van der Waals surface area (Å²) in [5, 5.41) is 9.72. The molecule has 3 fully saturated rings. The lowest BCUT2D eigenvalue weighted by atomic mass is 9.72. The molecule has 23 heavy (non-hydrogen) atoms. The van der Waals surface area contributed by atoms with E-state index in [1.807, 2.05) is 4.90 Å². The summed E-state index contributed by atoms with van der Waals surface area (Å²) < 4.78 is 5.49. The number of ether oxygens (including phenoxy) is 1. The fourth-order valence-corrected chi connectivity index (χ4v) is 4.45. The SMILES string of the molecule is CC(=O)N1CCC[C@@H]1C(=O)N1CC2(CCOCC2)CCC1CO. The molecule has 3 saturated heterocycles. The Hall–Kier alpha value is -1.14. The van der Waals surface area contributed by atoms with Crippen molar-refractivity contribution in [2.75, 3.05) is 32.9 Å². The first kappa shape index (κ1) is 16.7. The number of carbonyl (C=O) groups is 2. The van der Waals surface area contributed by atoms with Gasteiger partial charge in [-0.25, -0.2) is 0 Å². The van der Waals surface area contributed by atoms with Crippen LogP contribution in [0.1, 0.15) is 45.4 Å². The molecule has 130 valence electrons. The van der Waals surface area contributed by atoms with Gasteiger partial charge in [-0.15, -0.1) is 0 Å². The smallest absolute Gasteiger partial charge is 0.245 e. The van der Waals surface area contributed by atoms with Crippen LogP contribution in [0, 0.1) is 5.41 Å². The Bertz CT molecular complexity index is 462. The van der Waals surface area contributed by atoms with E-state index in [0.717, 1.165) is 51.7 Å². The Labute approximate surface area is 137 Å². The van der Waals surface area contributed by atoms with E-state index in [1.165, 1.54) is 6.92 Å². The molecule has 0 bridgehead atoms. The topological polar surface area (TPSA) is 70.1 Å². The van der Waals surface area contributed by atoms with Crippen molar-refractivity contribution in [2.45, 2.75) is 57.5 Å². The van der Waals surface area contributed by atoms with Crippen LogP contribution in [-0.4, -0.2) is 71.7 Å². The average Bonchev–Trinajstić information content (AvgIpc) is 3.05. The van der Waals surface area contributed by atoms with E-state index in [4.69, 9.17) is 4.74 Å². The van der Waals surface area contributed by atoms with Crippen molar-refractivity contribution in [3.63, 3.8) is 0 Å². The van der Waals surface area contributed by atoms with E-state index in [2.05, 4.69) is 0 Å². The molecule has 6 nitrogen and oxygen atoms in total. The number of hydrogen-bond donors (Lipinski definition) is 1. The summed E-state index contributed by atoms with van der Waals surface area (Å²) in [6, 6.07) is -0.443. The third kappa shape index (κ3) is 3.24. The van der Waals surface area contributed by atoms with Gasteiger partial charge in [0.2, 0.25) is 11.8 Å². The van der Waals surface area contributed by atoms with Crippen molar-refractivity contribution < 1.29 is 19.4 Å². The summed E-state index contributed by atoms with van der Waals surface area (Å²) in [6.45, 7) is 4.42. The minimum atomic E-state index is -0.337. The fourth-order valence-electron chi connectivity index (χ4n) is 4.45. The molecule has 1 N–H and O–H groups in total. The van der Waals surface area contributed by atoms with Crippen molar-refractivity contribution in [3.05, 3.63) is 0 Å². The normalized spacial score (nSPS) is 30.7. The first-order valence-corrected chi connectivity index (χ1v) is 8.83. The maximum Gasteiger partial charge on any atom is 0.245 e. The third-order valence-corrected chi connectivity index (χ3v) is 5.94. The molecule has 3 aliphatic rings. The van der Waals surface area contributed by atoms with Crippen LogP contribution in [0.25, 0.3) is 0 Å². The number of amides is 2. The first-order chi connectivity index (χ1) is 11.1. The van der Waals surface area contributed by atoms with Gasteiger partial charge in [0, 0.05) is 33.2 Å². The zero-order valence-electron chi connectivity index (χ0n) is 14.0. The maximum absolute atomic E-state index is 13.1. The molecule has 3 rings (SSSR count). The van der Waals surface area contributed by atoms with Gasteiger partial charge in [-0.3, -0.25) is 9.59 Å². The van der Waals surface area contributed by atoms with Crippen LogP contribution in [-0.2, 0) is 14.3 Å². The van der Waals surface area contributed by atoms with E-state index in [1.54, 1.807) is 4.90 Å². The van der Waals surface area contributed by atoms with Gasteiger partial charge in [0.25, 0.3) is 0 Å². The lowest BCUT2D eigenvalue weighted by Crippen LogP contribution is -2.58. The highest BCUT2D eigenvalue weighted by Gasteiger charge is 2.45. The monoisotopic (exact) mass is 324 g/mol. The molecule has 3 aliphatic heterocycles. The number of aliphatic hydroxyl groups excluding tert-OH is 1. The molecule has 3 heterocycles. The highest BCUT2D eigenvalue weighted by Crippen LogP contribution is 2.41. The summed E-state index contributed by atoms with van der Waals surface area (Å²) in [6.07, 6.45) is 5.48. The Kier molecular flexibility index (Phi) is 4.92. The van der Waals surface area contributed by atoms with Gasteiger partial charge >= 0.3 is 0 Å². The van der Waals surface area contributed by atoms with Gasteiger partial charge in [0.05, 0.1) is 12.6 Å². The number of carbonyl (C=O) groups excluding carboxylic acids is 2. The van der Waals surface area contributed by atoms with Gasteiger partial charge in [0.15, 0.2) is 0 Å². The molecule has 0 aromatic heterocycles. The van der Waals surface area contributed by atoms with E-state index >= 15 is 0 Å². The van der Waals surface area contributed by atoms with E-state index in [0.29, 0.717) is 13.1 Å². The molecule has 0 saturated carbocycles. The number of nitrogens with zero attached hydrogens (tertiary/aromatic N) is 2. The minimum Gasteiger partial charge on any atom is -0.394 e. The third-order valence-electron chi connectivity index (χ3n) is 5.94. The van der Waals surface area contributed by atoms with Gasteiger partial charge < -0.3 is 19.6 Å². The predicted octanol–water partition coefficient (Wildman–Crippen LogP) is 0.777. The Balaban J connectivity index is 1.76. The van der Waals surface area contributed by atoms with Crippen LogP contribution in [0.5, 0.6) is 0 Å². The van der Waals surface area contributed by atoms with Gasteiger partial charge in [-0.2, -0.15) is 0 Å². The second kappa shape index (κ2) is 6.77. The molecule has 1 spiro atoms. The number of rotatable bonds is 2. The lowest BCUT2D eigenvalue weighted by Gasteiger charge is -2.49. The van der Waals surface area contributed by atoms with Crippen molar-refractivity contribution in [1.29, 1.82) is 0 Å². The standard InChI is InChI=1S/C17H28N2O4/c1-13(21)18-8-2-3-15(18)16(22)19-12-17(5-4-14(19)11-20)6-9-23-10-7-17/h14-15,20H,2-12H2,1H3/t14?,15-/m1/s1. The quantitative estimate of drug-likeness (QED) is 0.815. The van der Waals surface area contributed by atoms with E-state index < -0.39 is 0 Å². The molecule has 6 heteroatoms. The van der Waals surface area contributed by atoms with Crippen LogP contribution in [0.15, 0.2) is 0 Å². The lowest BCUT2D eigenvalue weighted by molar-refractivity contribution is -0.151. The zero-order chi connectivity index (χ0) is 16.4. The number of hydrogen-bond acceptors (Lipinski definition) is 4. The van der Waals surface area contributed by atoms with Crippen molar-refractivity contribution in [1.82, 2.24) is 9.80 Å². The average molecular weight is 324 g/mol. The van der Waals surface area contributed by atoms with E-state index in [9.17, 15) is 14.7 Å². The molecule has 0 aromatic carbocycles. The van der Waals surface area contributed by atoms with Crippen LogP contribution >= 0.6 is 0 Å². The van der Waals surface area contributed by atoms with Crippen molar-refractivity contribution in [2.24, 2.45) is 5.41 Å². The van der Waals surface area contributed by atoms with E-state index in [-0.39, 0.29) is 35.9 Å². The highest BCUT2D eigenvalue weighted by atomic mass is 16.5. The number of piperidine rings is 1. The second-order valence-electron chi connectivity index (χ2n) is 7.32. The summed E-state index contributed by atoms with van der Waals surface area (Å²) >= 11 is 0. The number of aliphatic hydroxyl groups is 1. The van der Waals surface area contributed by atoms with Gasteiger partial charge in [0.1, 0.15) is 6.04 Å². The van der Waals surface area contributed by atoms with Crippen molar-refractivity contribution in [3.8, 4) is 0 Å². The maximum atomic E-state index is 13.1. The van der Waals surface area contributed by atoms with Crippen LogP contribution in [0.4, 0.5) is 0 Å². The highest BCUT2D eigenvalue weighted by molar-refractivity contribution is 5.87. The largest absolute Gasteiger partial charge is 0.394 e. The van der Waals surface area contributed by atoms with Crippen LogP contribution in [0.3, 0.4) is 0 Å². The Morgan fingerprint density at radius 2 is 1.91 bits per heavy atom. The van der Waals surface area contributed by atoms with Gasteiger partial charge in [-0.1, -0.05) is 0 Å². The Morgan fingerprint density at radius 1 is 1.17 bits per heavy atom. The summed E-state index contributed by atoms with van der Waals surface area (Å²) in [4.78, 5) is 28.5. The fraction of sp³-hybridized carbons (Fsp3) is 0.882. The van der Waals surface area contributed by atoms with Crippen LogP contribution in [0.2, 0.25) is 0 Å². The molecular weight excluding hydrogens is 296 g/mol. The zero-order valence-corrected chi connectivity index (χ0v) is 14.0. The molecule has 0 aromatic rings.